The second-order valence-electron chi connectivity index (χ2n) is 7.90. The van der Waals surface area contributed by atoms with Gasteiger partial charge in [0.1, 0.15) is 0 Å². The van der Waals surface area contributed by atoms with E-state index >= 15 is 0 Å². The van der Waals surface area contributed by atoms with Crippen molar-refractivity contribution < 1.29 is 27.5 Å². The largest absolute Gasteiger partial charge is 0.493 e. The molecule has 33 heavy (non-hydrogen) atoms. The number of ether oxygens (including phenoxy) is 2. The maximum absolute atomic E-state index is 13.1. The van der Waals surface area contributed by atoms with Gasteiger partial charge in [-0.3, -0.25) is 9.59 Å². The molecule has 0 bridgehead atoms. The van der Waals surface area contributed by atoms with Crippen molar-refractivity contribution in [3.05, 3.63) is 47.5 Å². The maximum Gasteiger partial charge on any atom is 0.255 e. The number of hydrogen-bond donors (Lipinski definition) is 1. The Labute approximate surface area is 194 Å². The number of amides is 2. The molecule has 1 N–H and O–H groups in total. The van der Waals surface area contributed by atoms with E-state index < -0.39 is 15.9 Å². The van der Waals surface area contributed by atoms with Gasteiger partial charge in [-0.1, -0.05) is 12.5 Å². The van der Waals surface area contributed by atoms with E-state index in [-0.39, 0.29) is 27.6 Å². The molecular formula is C23H29N3O6S. The van der Waals surface area contributed by atoms with Crippen LogP contribution in [0, 0.1) is 0 Å². The van der Waals surface area contributed by atoms with Crippen molar-refractivity contribution in [3.8, 4) is 11.5 Å². The zero-order valence-corrected chi connectivity index (χ0v) is 20.1. The van der Waals surface area contributed by atoms with E-state index in [2.05, 4.69) is 5.32 Å². The predicted octanol–water partition coefficient (Wildman–Crippen LogP) is 2.83. The van der Waals surface area contributed by atoms with Crippen LogP contribution in [0.3, 0.4) is 0 Å². The number of methoxy groups -OCH3 is 2. The van der Waals surface area contributed by atoms with Gasteiger partial charge in [-0.05, 0) is 37.1 Å². The Balaban J connectivity index is 1.94. The molecule has 0 unspecified atom stereocenters. The smallest absolute Gasteiger partial charge is 0.255 e. The van der Waals surface area contributed by atoms with Crippen molar-refractivity contribution in [1.82, 2.24) is 9.21 Å². The summed E-state index contributed by atoms with van der Waals surface area (Å²) in [7, 11) is 2.41. The topological polar surface area (TPSA) is 105 Å². The third-order valence-corrected chi connectivity index (χ3v) is 7.35. The summed E-state index contributed by atoms with van der Waals surface area (Å²) >= 11 is 0. The Bertz CT molecular complexity index is 1140. The first-order chi connectivity index (χ1) is 15.7. The molecule has 9 nitrogen and oxygen atoms in total. The van der Waals surface area contributed by atoms with Crippen molar-refractivity contribution in [2.75, 3.05) is 46.7 Å². The van der Waals surface area contributed by atoms with Gasteiger partial charge in [0.25, 0.3) is 11.8 Å². The van der Waals surface area contributed by atoms with E-state index in [1.54, 1.807) is 14.1 Å². The average Bonchev–Trinajstić information content (AvgIpc) is 2.83. The molecule has 2 amide bonds. The van der Waals surface area contributed by atoms with Gasteiger partial charge in [-0.2, -0.15) is 4.31 Å². The molecule has 3 rings (SSSR count). The number of benzene rings is 2. The predicted molar refractivity (Wildman–Crippen MR) is 125 cm³/mol. The Hall–Kier alpha value is -3.11. The first-order valence-electron chi connectivity index (χ1n) is 10.6. The number of nitrogens with one attached hydrogen (secondary N) is 1. The Morgan fingerprint density at radius 1 is 0.970 bits per heavy atom. The number of piperidine rings is 1. The van der Waals surface area contributed by atoms with Crippen LogP contribution in [0.25, 0.3) is 0 Å². The molecule has 10 heteroatoms. The van der Waals surface area contributed by atoms with Crippen LogP contribution in [0.4, 0.5) is 5.69 Å². The van der Waals surface area contributed by atoms with Crippen molar-refractivity contribution >= 4 is 27.5 Å². The molecule has 0 aliphatic carbocycles. The maximum atomic E-state index is 13.1. The van der Waals surface area contributed by atoms with Crippen molar-refractivity contribution in [3.63, 3.8) is 0 Å². The molecule has 0 spiro atoms. The third-order valence-electron chi connectivity index (χ3n) is 5.46. The van der Waals surface area contributed by atoms with E-state index in [0.717, 1.165) is 19.3 Å². The van der Waals surface area contributed by atoms with Crippen LogP contribution in [0.1, 0.15) is 40.0 Å². The van der Waals surface area contributed by atoms with Crippen LogP contribution in [-0.2, 0) is 10.0 Å². The molecule has 178 valence electrons. The summed E-state index contributed by atoms with van der Waals surface area (Å²) in [6.07, 6.45) is 2.65. The van der Waals surface area contributed by atoms with E-state index in [0.29, 0.717) is 24.6 Å². The highest BCUT2D eigenvalue weighted by molar-refractivity contribution is 7.89. The van der Waals surface area contributed by atoms with Gasteiger partial charge in [0, 0.05) is 38.8 Å². The molecule has 1 fully saturated rings. The van der Waals surface area contributed by atoms with Crippen LogP contribution in [0.2, 0.25) is 0 Å². The van der Waals surface area contributed by atoms with Gasteiger partial charge in [0.05, 0.1) is 30.4 Å². The molecule has 1 aliphatic heterocycles. The Morgan fingerprint density at radius 2 is 1.61 bits per heavy atom. The van der Waals surface area contributed by atoms with E-state index in [4.69, 9.17) is 9.47 Å². The SMILES string of the molecule is COc1cc(NC(=O)c2cccc(S(=O)(=O)N3CCCCC3)c2)c(C(=O)N(C)C)cc1OC. The lowest BCUT2D eigenvalue weighted by Gasteiger charge is -2.26. The minimum absolute atomic E-state index is 0.0638. The molecule has 0 saturated carbocycles. The Morgan fingerprint density at radius 3 is 2.21 bits per heavy atom. The van der Waals surface area contributed by atoms with Crippen molar-refractivity contribution in [2.45, 2.75) is 24.2 Å². The van der Waals surface area contributed by atoms with Gasteiger partial charge >= 0.3 is 0 Å². The lowest BCUT2D eigenvalue weighted by molar-refractivity contribution is 0.0828. The number of hydrogen-bond acceptors (Lipinski definition) is 6. The van der Waals surface area contributed by atoms with Gasteiger partial charge in [-0.25, -0.2) is 8.42 Å². The van der Waals surface area contributed by atoms with Gasteiger partial charge in [-0.15, -0.1) is 0 Å². The molecular weight excluding hydrogens is 446 g/mol. The summed E-state index contributed by atoms with van der Waals surface area (Å²) in [6, 6.07) is 8.90. The minimum Gasteiger partial charge on any atom is -0.493 e. The number of sulfonamides is 1. The summed E-state index contributed by atoms with van der Waals surface area (Å²) in [5.41, 5.74) is 0.592. The fourth-order valence-corrected chi connectivity index (χ4v) is 5.21. The molecule has 2 aromatic carbocycles. The van der Waals surface area contributed by atoms with E-state index in [1.807, 2.05) is 0 Å². The average molecular weight is 476 g/mol. The number of anilines is 1. The summed E-state index contributed by atoms with van der Waals surface area (Å²) < 4.78 is 38.1. The quantitative estimate of drug-likeness (QED) is 0.660. The minimum atomic E-state index is -3.69. The molecule has 1 heterocycles. The molecule has 1 aliphatic rings. The Kier molecular flexibility index (Phi) is 7.60. The standard InChI is InChI=1S/C23H29N3O6S/c1-25(2)23(28)18-14-20(31-3)21(32-4)15-19(18)24-22(27)16-9-8-10-17(13-16)33(29,30)26-11-6-5-7-12-26/h8-10,13-15H,5-7,11-12H2,1-4H3,(H,24,27). The van der Waals surface area contributed by atoms with Crippen molar-refractivity contribution in [1.29, 1.82) is 0 Å². The summed E-state index contributed by atoms with van der Waals surface area (Å²) in [5.74, 6) is -0.210. The fraction of sp³-hybridized carbons (Fsp3) is 0.391. The first-order valence-corrected chi connectivity index (χ1v) is 12.0. The van der Waals surface area contributed by atoms with E-state index in [9.17, 15) is 18.0 Å². The van der Waals surface area contributed by atoms with Crippen LogP contribution in [0.15, 0.2) is 41.3 Å². The van der Waals surface area contributed by atoms with Crippen LogP contribution in [-0.4, -0.2) is 70.8 Å². The van der Waals surface area contributed by atoms with Crippen molar-refractivity contribution in [2.24, 2.45) is 0 Å². The summed E-state index contributed by atoms with van der Waals surface area (Å²) in [4.78, 5) is 27.2. The lowest BCUT2D eigenvalue weighted by Crippen LogP contribution is -2.35. The number of carbonyl (C=O) groups excluding carboxylic acids is 2. The molecule has 0 radical (unpaired) electrons. The zero-order chi connectivity index (χ0) is 24.2. The first kappa shape index (κ1) is 24.5. The van der Waals surface area contributed by atoms with Crippen LogP contribution in [0.5, 0.6) is 11.5 Å². The zero-order valence-electron chi connectivity index (χ0n) is 19.3. The number of carbonyl (C=O) groups is 2. The highest BCUT2D eigenvalue weighted by Crippen LogP contribution is 2.34. The fourth-order valence-electron chi connectivity index (χ4n) is 3.65. The number of nitrogens with zero attached hydrogens (tertiary/aromatic N) is 2. The molecule has 2 aromatic rings. The van der Waals surface area contributed by atoms with Gasteiger partial charge < -0.3 is 19.7 Å². The van der Waals surface area contributed by atoms with Crippen LogP contribution < -0.4 is 14.8 Å². The monoisotopic (exact) mass is 475 g/mol. The second kappa shape index (κ2) is 10.2. The third kappa shape index (κ3) is 5.28. The number of rotatable bonds is 7. The van der Waals surface area contributed by atoms with Gasteiger partial charge in [0.2, 0.25) is 10.0 Å². The normalized spacial score (nSPS) is 14.4. The van der Waals surface area contributed by atoms with Gasteiger partial charge in [0.15, 0.2) is 11.5 Å². The lowest BCUT2D eigenvalue weighted by atomic mass is 10.1. The molecule has 1 saturated heterocycles. The highest BCUT2D eigenvalue weighted by Gasteiger charge is 2.27. The summed E-state index contributed by atoms with van der Waals surface area (Å²) in [6.45, 7) is 0.945. The molecule has 0 aromatic heterocycles. The second-order valence-corrected chi connectivity index (χ2v) is 9.84. The molecule has 0 atom stereocenters. The van der Waals surface area contributed by atoms with E-state index in [1.165, 1.54) is 59.8 Å². The highest BCUT2D eigenvalue weighted by atomic mass is 32.2. The summed E-state index contributed by atoms with van der Waals surface area (Å²) in [5, 5.41) is 2.72. The van der Waals surface area contributed by atoms with Crippen LogP contribution >= 0.6 is 0 Å².